The molecule has 1 unspecified atom stereocenters. The number of carbonyl (C=O) groups is 5. The van der Waals surface area contributed by atoms with Crippen LogP contribution >= 0.6 is 0 Å². The summed E-state index contributed by atoms with van der Waals surface area (Å²) in [5.74, 6) is -0.850. The Morgan fingerprint density at radius 3 is 2.44 bits per heavy atom. The van der Waals surface area contributed by atoms with Crippen LogP contribution in [0.15, 0.2) is 12.1 Å². The molecule has 0 spiro atoms. The summed E-state index contributed by atoms with van der Waals surface area (Å²) in [6.07, 6.45) is 1.76. The number of aryl methyl sites for hydroxylation is 1. The van der Waals surface area contributed by atoms with E-state index in [0.29, 0.717) is 43.5 Å². The zero-order valence-electron chi connectivity index (χ0n) is 15.4. The van der Waals surface area contributed by atoms with Crippen LogP contribution in [0.4, 0.5) is 0 Å². The number of amides is 3. The van der Waals surface area contributed by atoms with Crippen molar-refractivity contribution in [2.75, 3.05) is 13.6 Å². The number of aldehydes is 2. The molecule has 2 rings (SSSR count). The third-order valence-corrected chi connectivity index (χ3v) is 4.71. The van der Waals surface area contributed by atoms with Crippen molar-refractivity contribution < 1.29 is 24.0 Å². The highest BCUT2D eigenvalue weighted by molar-refractivity contribution is 6.03. The summed E-state index contributed by atoms with van der Waals surface area (Å²) in [5, 5.41) is 2.44. The molecule has 0 bridgehead atoms. The number of benzene rings is 1. The van der Waals surface area contributed by atoms with E-state index in [9.17, 15) is 24.0 Å². The van der Waals surface area contributed by atoms with Gasteiger partial charge in [-0.25, -0.2) is 0 Å². The Balaban J connectivity index is 2.23. The minimum Gasteiger partial charge on any atom is -0.359 e. The van der Waals surface area contributed by atoms with Crippen molar-refractivity contribution >= 4 is 30.8 Å². The van der Waals surface area contributed by atoms with Gasteiger partial charge in [0.05, 0.1) is 12.6 Å². The fraction of sp³-hybridized carbons (Fsp3) is 0.421. The quantitative estimate of drug-likeness (QED) is 0.620. The number of hydrogen-bond donors (Lipinski definition) is 1. The van der Waals surface area contributed by atoms with E-state index in [-0.39, 0.29) is 18.7 Å². The highest BCUT2D eigenvalue weighted by atomic mass is 16.2. The van der Waals surface area contributed by atoms with Crippen molar-refractivity contribution in [3.8, 4) is 0 Å². The Kier molecular flexibility index (Phi) is 6.95. The van der Waals surface area contributed by atoms with Gasteiger partial charge in [-0.05, 0) is 36.1 Å². The van der Waals surface area contributed by atoms with Gasteiger partial charge in [-0.3, -0.25) is 24.2 Å². The van der Waals surface area contributed by atoms with Crippen LogP contribution in [0, 0.1) is 6.92 Å². The molecule has 0 saturated heterocycles. The van der Waals surface area contributed by atoms with Gasteiger partial charge in [0.2, 0.25) is 12.3 Å². The lowest BCUT2D eigenvalue weighted by Gasteiger charge is -2.23. The molecule has 27 heavy (non-hydrogen) atoms. The van der Waals surface area contributed by atoms with E-state index in [1.807, 2.05) is 11.0 Å². The maximum atomic E-state index is 12.9. The van der Waals surface area contributed by atoms with Gasteiger partial charge in [-0.2, -0.15) is 0 Å². The van der Waals surface area contributed by atoms with E-state index in [2.05, 4.69) is 5.32 Å². The molecular weight excluding hydrogens is 350 g/mol. The SMILES string of the molecule is CNC(=O)CCC(C=O)N(C=O)C(=O)c1cc2c(cc1C)CN(CC=O)C2. The van der Waals surface area contributed by atoms with Crippen LogP contribution in [0.25, 0.3) is 0 Å². The van der Waals surface area contributed by atoms with Gasteiger partial charge in [0.15, 0.2) is 0 Å². The van der Waals surface area contributed by atoms with Crippen LogP contribution < -0.4 is 5.32 Å². The number of imide groups is 1. The maximum absolute atomic E-state index is 12.9. The highest BCUT2D eigenvalue weighted by Gasteiger charge is 2.28. The Bertz CT molecular complexity index is 762. The highest BCUT2D eigenvalue weighted by Crippen LogP contribution is 2.26. The predicted molar refractivity (Wildman–Crippen MR) is 96.7 cm³/mol. The van der Waals surface area contributed by atoms with Crippen LogP contribution in [-0.4, -0.2) is 60.2 Å². The van der Waals surface area contributed by atoms with Crippen LogP contribution in [0.1, 0.15) is 39.9 Å². The smallest absolute Gasteiger partial charge is 0.261 e. The van der Waals surface area contributed by atoms with E-state index >= 15 is 0 Å². The van der Waals surface area contributed by atoms with Gasteiger partial charge in [-0.1, -0.05) is 6.07 Å². The molecule has 0 fully saturated rings. The maximum Gasteiger partial charge on any atom is 0.261 e. The van der Waals surface area contributed by atoms with Gasteiger partial charge in [0.1, 0.15) is 12.6 Å². The summed E-state index contributed by atoms with van der Waals surface area (Å²) in [7, 11) is 1.47. The molecule has 8 nitrogen and oxygen atoms in total. The summed E-state index contributed by atoms with van der Waals surface area (Å²) in [6, 6.07) is 2.58. The topological polar surface area (TPSA) is 104 Å². The Morgan fingerprint density at radius 1 is 1.22 bits per heavy atom. The molecule has 8 heteroatoms. The molecule has 1 atom stereocenters. The molecule has 0 saturated carbocycles. The first-order valence-corrected chi connectivity index (χ1v) is 8.67. The third kappa shape index (κ3) is 4.65. The fourth-order valence-electron chi connectivity index (χ4n) is 3.20. The van der Waals surface area contributed by atoms with Crippen molar-refractivity contribution in [2.45, 2.75) is 38.9 Å². The molecule has 1 aliphatic heterocycles. The monoisotopic (exact) mass is 373 g/mol. The Morgan fingerprint density at radius 2 is 1.89 bits per heavy atom. The zero-order chi connectivity index (χ0) is 20.0. The second kappa shape index (κ2) is 9.18. The molecule has 3 amide bonds. The first kappa shape index (κ1) is 20.4. The normalized spacial score (nSPS) is 14.1. The van der Waals surface area contributed by atoms with Crippen LogP contribution in [0.2, 0.25) is 0 Å². The fourth-order valence-corrected chi connectivity index (χ4v) is 3.20. The molecule has 1 aliphatic rings. The van der Waals surface area contributed by atoms with Gasteiger partial charge < -0.3 is 14.9 Å². The third-order valence-electron chi connectivity index (χ3n) is 4.71. The number of rotatable bonds is 9. The second-order valence-electron chi connectivity index (χ2n) is 6.51. The lowest BCUT2D eigenvalue weighted by atomic mass is 9.99. The van der Waals surface area contributed by atoms with Crippen molar-refractivity contribution in [1.82, 2.24) is 15.1 Å². The molecule has 0 aliphatic carbocycles. The number of carbonyl (C=O) groups excluding carboxylic acids is 5. The average molecular weight is 373 g/mol. The van der Waals surface area contributed by atoms with Crippen molar-refractivity contribution in [3.63, 3.8) is 0 Å². The molecule has 0 aromatic heterocycles. The zero-order valence-corrected chi connectivity index (χ0v) is 15.4. The summed E-state index contributed by atoms with van der Waals surface area (Å²) < 4.78 is 0. The Hall–Kier alpha value is -2.87. The molecular formula is C19H23N3O5. The van der Waals surface area contributed by atoms with Crippen molar-refractivity contribution in [3.05, 3.63) is 34.4 Å². The van der Waals surface area contributed by atoms with E-state index < -0.39 is 11.9 Å². The van der Waals surface area contributed by atoms with Crippen LogP contribution in [0.5, 0.6) is 0 Å². The Labute approximate surface area is 157 Å². The van der Waals surface area contributed by atoms with Crippen LogP contribution in [0.3, 0.4) is 0 Å². The molecule has 1 aromatic carbocycles. The standard InChI is InChI=1S/C19H23N3O5/c1-13-7-14-9-21(5-6-23)10-15(14)8-17(13)19(27)22(12-25)16(11-24)3-4-18(26)20-2/h6-8,11-12,16H,3-5,9-10H2,1-2H3,(H,20,26). The summed E-state index contributed by atoms with van der Waals surface area (Å²) in [4.78, 5) is 60.7. The minimum atomic E-state index is -1.01. The lowest BCUT2D eigenvalue weighted by Crippen LogP contribution is -2.41. The van der Waals surface area contributed by atoms with E-state index in [4.69, 9.17) is 0 Å². The predicted octanol–water partition coefficient (Wildman–Crippen LogP) is 0.202. The first-order chi connectivity index (χ1) is 12.9. The molecule has 1 aromatic rings. The number of nitrogens with one attached hydrogen (secondary N) is 1. The van der Waals surface area contributed by atoms with E-state index in [1.165, 1.54) is 7.05 Å². The van der Waals surface area contributed by atoms with Gasteiger partial charge in [0.25, 0.3) is 5.91 Å². The molecule has 1 heterocycles. The number of fused-ring (bicyclic) bond motifs is 1. The van der Waals surface area contributed by atoms with E-state index in [0.717, 1.165) is 22.3 Å². The van der Waals surface area contributed by atoms with Gasteiger partial charge in [0, 0.05) is 32.1 Å². The minimum absolute atomic E-state index is 0.0291. The average Bonchev–Trinajstić information content (AvgIpc) is 3.05. The second-order valence-corrected chi connectivity index (χ2v) is 6.51. The number of nitrogens with zero attached hydrogens (tertiary/aromatic N) is 2. The van der Waals surface area contributed by atoms with Crippen LogP contribution in [-0.2, 0) is 32.3 Å². The molecule has 1 N–H and O–H groups in total. The van der Waals surface area contributed by atoms with Crippen molar-refractivity contribution in [2.24, 2.45) is 0 Å². The molecule has 0 radical (unpaired) electrons. The first-order valence-electron chi connectivity index (χ1n) is 8.67. The van der Waals surface area contributed by atoms with Gasteiger partial charge >= 0.3 is 0 Å². The van der Waals surface area contributed by atoms with Crippen molar-refractivity contribution in [1.29, 1.82) is 0 Å². The summed E-state index contributed by atoms with van der Waals surface area (Å²) in [6.45, 7) is 3.25. The number of hydrogen-bond acceptors (Lipinski definition) is 6. The largest absolute Gasteiger partial charge is 0.359 e. The summed E-state index contributed by atoms with van der Waals surface area (Å²) in [5.41, 5.74) is 2.98. The van der Waals surface area contributed by atoms with E-state index in [1.54, 1.807) is 13.0 Å². The van der Waals surface area contributed by atoms with Gasteiger partial charge in [-0.15, -0.1) is 0 Å². The summed E-state index contributed by atoms with van der Waals surface area (Å²) >= 11 is 0. The lowest BCUT2D eigenvalue weighted by molar-refractivity contribution is -0.125. The molecule has 144 valence electrons.